The van der Waals surface area contributed by atoms with Crippen molar-refractivity contribution in [3.8, 4) is 5.69 Å². The minimum Gasteiger partial charge on any atom is -0.335 e. The van der Waals surface area contributed by atoms with Crippen molar-refractivity contribution in [3.05, 3.63) is 84.2 Å². The monoisotopic (exact) mass is 470 g/mol. The van der Waals surface area contributed by atoms with Crippen LogP contribution in [0.1, 0.15) is 63.3 Å². The fourth-order valence-corrected chi connectivity index (χ4v) is 5.43. The van der Waals surface area contributed by atoms with Gasteiger partial charge in [0.25, 0.3) is 0 Å². The summed E-state index contributed by atoms with van der Waals surface area (Å²) in [5, 5.41) is 3.19. The molecule has 6 heteroatoms. The van der Waals surface area contributed by atoms with Gasteiger partial charge >= 0.3 is 6.03 Å². The topological polar surface area (TPSA) is 57.6 Å². The maximum atomic E-state index is 14.1. The summed E-state index contributed by atoms with van der Waals surface area (Å²) in [6.07, 6.45) is 7.60. The highest BCUT2D eigenvalue weighted by Gasteiger charge is 2.37. The lowest BCUT2D eigenvalue weighted by molar-refractivity contribution is -0.120. The van der Waals surface area contributed by atoms with Gasteiger partial charge in [-0.3, -0.25) is 9.69 Å². The molecular formula is C29H34N4O2. The van der Waals surface area contributed by atoms with Gasteiger partial charge in [-0.05, 0) is 56.5 Å². The first-order valence-electron chi connectivity index (χ1n) is 12.8. The molecule has 6 nitrogen and oxygen atoms in total. The van der Waals surface area contributed by atoms with Gasteiger partial charge in [0.2, 0.25) is 5.91 Å². The van der Waals surface area contributed by atoms with Crippen molar-refractivity contribution in [2.75, 3.05) is 11.4 Å². The van der Waals surface area contributed by atoms with E-state index in [-0.39, 0.29) is 36.6 Å². The van der Waals surface area contributed by atoms with E-state index in [2.05, 4.69) is 28.1 Å². The molecule has 0 saturated heterocycles. The smallest absolute Gasteiger partial charge is 0.318 e. The second-order valence-electron chi connectivity index (χ2n) is 9.87. The van der Waals surface area contributed by atoms with Gasteiger partial charge in [-0.1, -0.05) is 61.7 Å². The number of para-hydroxylation sites is 2. The second-order valence-corrected chi connectivity index (χ2v) is 9.87. The number of rotatable bonds is 5. The van der Waals surface area contributed by atoms with Gasteiger partial charge in [0.1, 0.15) is 12.6 Å². The standard InChI is InChI=1S/C29H34N4O2/c1-21(2)32(29(35)30-23-14-7-4-8-15-23)20-27(34)33-25-17-10-9-16-24(25)31-19-11-18-26(31)28(33)22-12-5-3-6-13-22/h3,5-6,9-13,16-19,21,23,28H,4,7-8,14-15,20H2,1-2H3,(H,30,35). The highest BCUT2D eigenvalue weighted by atomic mass is 16.2. The summed E-state index contributed by atoms with van der Waals surface area (Å²) in [6.45, 7) is 3.96. The number of hydrogen-bond acceptors (Lipinski definition) is 2. The van der Waals surface area contributed by atoms with Gasteiger partial charge in [-0.25, -0.2) is 4.79 Å². The molecule has 0 radical (unpaired) electrons. The Bertz CT molecular complexity index is 1180. The third-order valence-corrected chi connectivity index (χ3v) is 7.23. The molecule has 1 N–H and O–H groups in total. The van der Waals surface area contributed by atoms with Crippen LogP contribution in [-0.4, -0.2) is 40.0 Å². The highest BCUT2D eigenvalue weighted by Crippen LogP contribution is 2.42. The predicted molar refractivity (Wildman–Crippen MR) is 139 cm³/mol. The molecule has 5 rings (SSSR count). The molecule has 1 aliphatic heterocycles. The number of amides is 3. The van der Waals surface area contributed by atoms with Crippen LogP contribution in [0.5, 0.6) is 0 Å². The fourth-order valence-electron chi connectivity index (χ4n) is 5.43. The molecule has 1 aliphatic carbocycles. The first-order chi connectivity index (χ1) is 17.0. The molecule has 3 amide bonds. The molecule has 1 fully saturated rings. The van der Waals surface area contributed by atoms with Crippen molar-refractivity contribution in [1.29, 1.82) is 0 Å². The molecule has 1 aromatic heterocycles. The maximum absolute atomic E-state index is 14.1. The lowest BCUT2D eigenvalue weighted by atomic mass is 9.96. The van der Waals surface area contributed by atoms with Crippen molar-refractivity contribution in [2.45, 2.75) is 64.1 Å². The van der Waals surface area contributed by atoms with E-state index in [1.807, 2.05) is 73.5 Å². The zero-order valence-corrected chi connectivity index (χ0v) is 20.6. The number of benzene rings is 2. The van der Waals surface area contributed by atoms with Gasteiger partial charge in [0, 0.05) is 18.3 Å². The molecule has 35 heavy (non-hydrogen) atoms. The second kappa shape index (κ2) is 9.98. The third kappa shape index (κ3) is 4.57. The molecule has 2 aliphatic rings. The lowest BCUT2D eigenvalue weighted by Gasteiger charge is -2.40. The molecule has 1 saturated carbocycles. The van der Waals surface area contributed by atoms with E-state index in [1.54, 1.807) is 4.90 Å². The van der Waals surface area contributed by atoms with Gasteiger partial charge in [0.15, 0.2) is 0 Å². The SMILES string of the molecule is CC(C)N(CC(=O)N1c2ccccc2-n2cccc2C1c1ccccc1)C(=O)NC1CCCCC1. The van der Waals surface area contributed by atoms with Crippen LogP contribution < -0.4 is 10.2 Å². The lowest BCUT2D eigenvalue weighted by Crippen LogP contribution is -2.53. The van der Waals surface area contributed by atoms with E-state index in [0.29, 0.717) is 0 Å². The molecule has 2 aromatic carbocycles. The molecule has 1 unspecified atom stereocenters. The Morgan fingerprint density at radius 2 is 1.60 bits per heavy atom. The zero-order chi connectivity index (χ0) is 24.4. The van der Waals surface area contributed by atoms with Crippen molar-refractivity contribution >= 4 is 17.6 Å². The quantitative estimate of drug-likeness (QED) is 0.523. The number of anilines is 1. The third-order valence-electron chi connectivity index (χ3n) is 7.23. The van der Waals surface area contributed by atoms with E-state index in [0.717, 1.165) is 48.3 Å². The number of fused-ring (bicyclic) bond motifs is 3. The molecule has 0 spiro atoms. The first-order valence-corrected chi connectivity index (χ1v) is 12.8. The molecule has 0 bridgehead atoms. The number of nitrogens with one attached hydrogen (secondary N) is 1. The van der Waals surface area contributed by atoms with Crippen LogP contribution in [-0.2, 0) is 4.79 Å². The van der Waals surface area contributed by atoms with Crippen LogP contribution in [0.2, 0.25) is 0 Å². The van der Waals surface area contributed by atoms with Crippen molar-refractivity contribution in [2.24, 2.45) is 0 Å². The van der Waals surface area contributed by atoms with Crippen molar-refractivity contribution < 1.29 is 9.59 Å². The molecule has 1 atom stereocenters. The van der Waals surface area contributed by atoms with Gasteiger partial charge in [-0.2, -0.15) is 0 Å². The van der Waals surface area contributed by atoms with Crippen LogP contribution in [0.15, 0.2) is 72.9 Å². The Kier molecular flexibility index (Phi) is 6.62. The fraction of sp³-hybridized carbons (Fsp3) is 0.379. The van der Waals surface area contributed by atoms with Gasteiger partial charge in [-0.15, -0.1) is 0 Å². The minimum atomic E-state index is -0.274. The Hall–Kier alpha value is -3.54. The Morgan fingerprint density at radius 1 is 0.914 bits per heavy atom. The molecular weight excluding hydrogens is 436 g/mol. The number of hydrogen-bond donors (Lipinski definition) is 1. The van der Waals surface area contributed by atoms with Crippen LogP contribution in [0.3, 0.4) is 0 Å². The summed E-state index contributed by atoms with van der Waals surface area (Å²) < 4.78 is 2.16. The van der Waals surface area contributed by atoms with E-state index < -0.39 is 0 Å². The maximum Gasteiger partial charge on any atom is 0.318 e. The Morgan fingerprint density at radius 3 is 2.31 bits per heavy atom. The highest BCUT2D eigenvalue weighted by molar-refractivity contribution is 6.00. The van der Waals surface area contributed by atoms with E-state index in [4.69, 9.17) is 0 Å². The predicted octanol–water partition coefficient (Wildman–Crippen LogP) is 5.67. The number of aromatic nitrogens is 1. The summed E-state index contributed by atoms with van der Waals surface area (Å²) in [7, 11) is 0. The summed E-state index contributed by atoms with van der Waals surface area (Å²) in [5.41, 5.74) is 3.89. The van der Waals surface area contributed by atoms with E-state index in [1.165, 1.54) is 6.42 Å². The van der Waals surface area contributed by atoms with Crippen LogP contribution in [0.25, 0.3) is 5.69 Å². The molecule has 3 aromatic rings. The first kappa shape index (κ1) is 23.2. The number of nitrogens with zero attached hydrogens (tertiary/aromatic N) is 3. The van der Waals surface area contributed by atoms with Gasteiger partial charge < -0.3 is 14.8 Å². The normalized spacial score (nSPS) is 17.6. The Labute approximate surface area is 207 Å². The summed E-state index contributed by atoms with van der Waals surface area (Å²) in [5.74, 6) is -0.0914. The summed E-state index contributed by atoms with van der Waals surface area (Å²) in [6, 6.07) is 21.9. The van der Waals surface area contributed by atoms with Crippen LogP contribution in [0, 0.1) is 0 Å². The van der Waals surface area contributed by atoms with Crippen LogP contribution in [0.4, 0.5) is 10.5 Å². The van der Waals surface area contributed by atoms with Gasteiger partial charge in [0.05, 0.1) is 17.1 Å². The Balaban J connectivity index is 1.48. The molecule has 182 valence electrons. The number of carbonyl (C=O) groups excluding carboxylic acids is 2. The van der Waals surface area contributed by atoms with Crippen molar-refractivity contribution in [1.82, 2.24) is 14.8 Å². The van der Waals surface area contributed by atoms with E-state index in [9.17, 15) is 9.59 Å². The summed E-state index contributed by atoms with van der Waals surface area (Å²) >= 11 is 0. The van der Waals surface area contributed by atoms with Crippen molar-refractivity contribution in [3.63, 3.8) is 0 Å². The zero-order valence-electron chi connectivity index (χ0n) is 20.6. The number of urea groups is 1. The average molecular weight is 471 g/mol. The van der Waals surface area contributed by atoms with E-state index >= 15 is 0 Å². The van der Waals surface area contributed by atoms with Crippen LogP contribution >= 0.6 is 0 Å². The minimum absolute atomic E-state index is 0.0224. The average Bonchev–Trinajstić information content (AvgIpc) is 3.37. The number of carbonyl (C=O) groups is 2. The summed E-state index contributed by atoms with van der Waals surface area (Å²) in [4.78, 5) is 30.9. The largest absolute Gasteiger partial charge is 0.335 e. The molecule has 2 heterocycles.